The summed E-state index contributed by atoms with van der Waals surface area (Å²) >= 11 is 1.17. The Balaban J connectivity index is 1.39. The van der Waals surface area contributed by atoms with E-state index < -0.39 is 42.5 Å². The number of aromatic nitrogens is 2. The molecule has 0 aliphatic carbocycles. The van der Waals surface area contributed by atoms with Crippen molar-refractivity contribution in [1.29, 1.82) is 0 Å². The lowest BCUT2D eigenvalue weighted by molar-refractivity contribution is -0.221. The highest BCUT2D eigenvalue weighted by Crippen LogP contribution is 2.31. The number of ether oxygens (including phenoxy) is 1. The van der Waals surface area contributed by atoms with Crippen molar-refractivity contribution in [1.82, 2.24) is 20.6 Å². The monoisotopic (exact) mass is 535 g/mol. The van der Waals surface area contributed by atoms with Gasteiger partial charge in [0.1, 0.15) is 17.3 Å². The lowest BCUT2D eigenvalue weighted by atomic mass is 10.2. The fourth-order valence-electron chi connectivity index (χ4n) is 3.64. The molecule has 36 heavy (non-hydrogen) atoms. The molecule has 196 valence electrons. The Kier molecular flexibility index (Phi) is 8.02. The molecule has 1 aromatic heterocycles. The first-order chi connectivity index (χ1) is 17.2. The van der Waals surface area contributed by atoms with Crippen LogP contribution in [0.4, 0.5) is 38.9 Å². The Bertz CT molecular complexity index is 1060. The zero-order valence-electron chi connectivity index (χ0n) is 18.4. The smallest absolute Gasteiger partial charge is 0.414 e. The topological polar surface area (TPSA) is 132 Å². The van der Waals surface area contributed by atoms with Crippen LogP contribution >= 0.6 is 11.3 Å². The molecule has 17 heteroatoms. The Morgan fingerprint density at radius 1 is 1.25 bits per heavy atom. The molecular formula is C19H21F4N7O5S. The third-order valence-electron chi connectivity index (χ3n) is 5.30. The molecule has 3 heterocycles. The Hall–Kier alpha value is -3.28. The van der Waals surface area contributed by atoms with Gasteiger partial charge in [0.25, 0.3) is 5.91 Å². The normalized spacial score (nSPS) is 19.8. The number of halogens is 4. The van der Waals surface area contributed by atoms with Crippen molar-refractivity contribution in [3.05, 3.63) is 29.3 Å². The van der Waals surface area contributed by atoms with Crippen molar-refractivity contribution >= 4 is 39.8 Å². The predicted octanol–water partition coefficient (Wildman–Crippen LogP) is 0.964. The van der Waals surface area contributed by atoms with Crippen molar-refractivity contribution in [2.24, 2.45) is 0 Å². The molecule has 0 spiro atoms. The molecule has 0 radical (unpaired) electrons. The van der Waals surface area contributed by atoms with E-state index in [2.05, 4.69) is 15.5 Å². The van der Waals surface area contributed by atoms with E-state index in [0.717, 1.165) is 17.0 Å². The molecule has 0 saturated carbocycles. The van der Waals surface area contributed by atoms with Crippen LogP contribution in [0.25, 0.3) is 0 Å². The van der Waals surface area contributed by atoms with Gasteiger partial charge in [-0.1, -0.05) is 11.3 Å². The number of aliphatic hydroxyl groups is 1. The molecule has 1 aromatic carbocycles. The first-order valence-electron chi connectivity index (χ1n) is 10.6. The summed E-state index contributed by atoms with van der Waals surface area (Å²) in [6.07, 6.45) is -6.40. The van der Waals surface area contributed by atoms with E-state index in [0.29, 0.717) is 5.13 Å². The first kappa shape index (κ1) is 25.8. The minimum absolute atomic E-state index is 0.0138. The van der Waals surface area contributed by atoms with Crippen LogP contribution in [0.3, 0.4) is 0 Å². The zero-order chi connectivity index (χ0) is 25.8. The van der Waals surface area contributed by atoms with Crippen molar-refractivity contribution in [3.8, 4) is 0 Å². The molecule has 3 N–H and O–H groups in total. The molecular weight excluding hydrogens is 514 g/mol. The van der Waals surface area contributed by atoms with Gasteiger partial charge in [0.2, 0.25) is 11.5 Å². The number of alkyl halides is 2. The molecule has 12 nitrogen and oxygen atoms in total. The Morgan fingerprint density at radius 2 is 2.00 bits per heavy atom. The van der Waals surface area contributed by atoms with Crippen LogP contribution < -0.4 is 20.4 Å². The van der Waals surface area contributed by atoms with Gasteiger partial charge in [-0.3, -0.25) is 14.5 Å². The first-order valence-corrected chi connectivity index (χ1v) is 11.5. The van der Waals surface area contributed by atoms with Crippen molar-refractivity contribution < 1.29 is 41.8 Å². The molecule has 1 unspecified atom stereocenters. The summed E-state index contributed by atoms with van der Waals surface area (Å²) in [5, 5.41) is 23.9. The summed E-state index contributed by atoms with van der Waals surface area (Å²) in [5.41, 5.74) is 0.998. The number of hydrogen-bond acceptors (Lipinski definition) is 11. The van der Waals surface area contributed by atoms with Gasteiger partial charge >= 0.3 is 12.5 Å². The summed E-state index contributed by atoms with van der Waals surface area (Å²) in [7, 11) is 0. The van der Waals surface area contributed by atoms with Gasteiger partial charge in [-0.15, -0.1) is 15.3 Å². The highest BCUT2D eigenvalue weighted by Gasteiger charge is 2.34. The number of amides is 2. The second-order valence-electron chi connectivity index (χ2n) is 7.64. The summed E-state index contributed by atoms with van der Waals surface area (Å²) in [5.74, 6) is -3.42. The highest BCUT2D eigenvalue weighted by atomic mass is 32.1. The molecule has 2 atom stereocenters. The van der Waals surface area contributed by atoms with Crippen LogP contribution in [0.5, 0.6) is 0 Å². The van der Waals surface area contributed by atoms with E-state index in [1.54, 1.807) is 0 Å². The molecule has 2 aromatic rings. The molecule has 2 aliphatic heterocycles. The largest absolute Gasteiger partial charge is 0.442 e. The van der Waals surface area contributed by atoms with E-state index >= 15 is 8.78 Å². The van der Waals surface area contributed by atoms with E-state index in [4.69, 9.17) is 9.57 Å². The molecule has 0 bridgehead atoms. The van der Waals surface area contributed by atoms with Gasteiger partial charge in [-0.25, -0.2) is 13.6 Å². The third kappa shape index (κ3) is 5.92. The van der Waals surface area contributed by atoms with Crippen LogP contribution in [0.1, 0.15) is 0 Å². The number of carbonyl (C=O) groups excluding carboxylic acids is 2. The van der Waals surface area contributed by atoms with Crippen molar-refractivity contribution in [3.63, 3.8) is 0 Å². The summed E-state index contributed by atoms with van der Waals surface area (Å²) in [4.78, 5) is 31.0. The number of nitrogens with one attached hydrogen (secondary N) is 2. The number of rotatable bonds is 8. The lowest BCUT2D eigenvalue weighted by Crippen LogP contribution is -2.42. The maximum Gasteiger partial charge on any atom is 0.414 e. The predicted molar refractivity (Wildman–Crippen MR) is 117 cm³/mol. The summed E-state index contributed by atoms with van der Waals surface area (Å²) in [6.45, 7) is -0.282. The van der Waals surface area contributed by atoms with Crippen LogP contribution in [0, 0.1) is 11.6 Å². The number of aliphatic hydroxyl groups excluding tert-OH is 1. The van der Waals surface area contributed by atoms with Gasteiger partial charge < -0.3 is 25.4 Å². The van der Waals surface area contributed by atoms with Gasteiger partial charge in [-0.05, 0) is 0 Å². The molecule has 2 aliphatic rings. The minimum Gasteiger partial charge on any atom is -0.442 e. The fraction of sp³-hybridized carbons (Fsp3) is 0.474. The van der Waals surface area contributed by atoms with E-state index in [1.165, 1.54) is 26.8 Å². The number of hydrogen-bond donors (Lipinski definition) is 3. The number of hydroxylamine groups is 2. The quantitative estimate of drug-likeness (QED) is 0.332. The van der Waals surface area contributed by atoms with E-state index in [1.807, 2.05) is 5.32 Å². The highest BCUT2D eigenvalue weighted by molar-refractivity contribution is 7.13. The summed E-state index contributed by atoms with van der Waals surface area (Å²) in [6, 6.07) is 1.91. The van der Waals surface area contributed by atoms with Gasteiger partial charge in [0.15, 0.2) is 11.6 Å². The van der Waals surface area contributed by atoms with E-state index in [-0.39, 0.29) is 50.7 Å². The molecule has 2 amide bonds. The minimum atomic E-state index is -3.22. The van der Waals surface area contributed by atoms with E-state index in [9.17, 15) is 23.5 Å². The fourth-order valence-corrected chi connectivity index (χ4v) is 4.10. The standard InChI is InChI=1S/C19H21F4N7O5S/c20-12-5-10(29-8-11(35-19(29)33)7-24-16(31)15(22)23)6-13(21)14(12)28-1-2-30(34-4-3-28)18(32)26-17-27-25-9-36-17/h5-6,9,11,15,18,32H,1-4,7-8H2,(H,24,31)(H,26,27)/t11-,18?/m0/s1. The lowest BCUT2D eigenvalue weighted by Gasteiger charge is -2.26. The van der Waals surface area contributed by atoms with Crippen LogP contribution in [0.15, 0.2) is 17.6 Å². The van der Waals surface area contributed by atoms with Gasteiger partial charge in [-0.2, -0.15) is 8.78 Å². The maximum absolute atomic E-state index is 15.0. The van der Waals surface area contributed by atoms with Crippen molar-refractivity contribution in [2.45, 2.75) is 18.9 Å². The molecule has 2 saturated heterocycles. The number of cyclic esters (lactones) is 1. The summed E-state index contributed by atoms with van der Waals surface area (Å²) < 4.78 is 59.7. The molecule has 2 fully saturated rings. The number of carbonyl (C=O) groups is 2. The van der Waals surface area contributed by atoms with Gasteiger partial charge in [0, 0.05) is 31.8 Å². The van der Waals surface area contributed by atoms with Crippen molar-refractivity contribution in [2.75, 3.05) is 54.4 Å². The van der Waals surface area contributed by atoms with Crippen LogP contribution in [-0.4, -0.2) is 90.6 Å². The SMILES string of the molecule is O=C(NC[C@H]1CN(c2cc(F)c(N3CCON(C(O)Nc4nncs4)CC3)c(F)c2)C(=O)O1)C(F)F. The Labute approximate surface area is 205 Å². The third-order valence-corrected chi connectivity index (χ3v) is 5.92. The average molecular weight is 535 g/mol. The van der Waals surface area contributed by atoms with Crippen LogP contribution in [-0.2, 0) is 14.4 Å². The zero-order valence-corrected chi connectivity index (χ0v) is 19.3. The van der Waals surface area contributed by atoms with Gasteiger partial charge in [0.05, 0.1) is 25.4 Å². The molecule has 4 rings (SSSR count). The number of nitrogens with zero attached hydrogens (tertiary/aromatic N) is 5. The van der Waals surface area contributed by atoms with Crippen LogP contribution in [0.2, 0.25) is 0 Å². The maximum atomic E-state index is 15.0. The second-order valence-corrected chi connectivity index (χ2v) is 8.48. The average Bonchev–Trinajstić information content (AvgIpc) is 3.40. The number of benzene rings is 1. The second kappa shape index (κ2) is 11.2. The number of anilines is 3. The Morgan fingerprint density at radius 3 is 2.67 bits per heavy atom.